The molecule has 0 spiro atoms. The number of β-lactam (4-membered cyclic amide) rings is 1. The van der Waals surface area contributed by atoms with Crippen molar-refractivity contribution in [3.8, 4) is 5.75 Å². The Morgan fingerprint density at radius 2 is 1.89 bits per heavy atom. The van der Waals surface area contributed by atoms with Gasteiger partial charge in [-0.25, -0.2) is 17.5 Å². The summed E-state index contributed by atoms with van der Waals surface area (Å²) in [6, 6.07) is -0.463. The maximum absolute atomic E-state index is 12.9. The van der Waals surface area contributed by atoms with Crippen molar-refractivity contribution in [1.29, 1.82) is 0 Å². The number of nitrogens with zero attached hydrogens (tertiary/aromatic N) is 3. The minimum Gasteiger partial charge on any atom is -0.731 e. The van der Waals surface area contributed by atoms with E-state index in [2.05, 4.69) is 10.6 Å². The first-order valence-corrected chi connectivity index (χ1v) is 11.6. The number of amides is 6. The van der Waals surface area contributed by atoms with Crippen LogP contribution in [0.15, 0.2) is 18.2 Å². The van der Waals surface area contributed by atoms with Gasteiger partial charge in [0.15, 0.2) is 10.3 Å². The van der Waals surface area contributed by atoms with Crippen LogP contribution in [0.5, 0.6) is 5.75 Å². The first kappa shape index (κ1) is 28.8. The molecular formula is C18H19ClN5NaO9S. The second-order valence-electron chi connectivity index (χ2n) is 7.32. The van der Waals surface area contributed by atoms with Crippen molar-refractivity contribution in [2.24, 2.45) is 0 Å². The number of phenolic OH excluding ortho intramolecular Hbond substituents is 1. The van der Waals surface area contributed by atoms with Gasteiger partial charge in [-0.15, -0.1) is 0 Å². The van der Waals surface area contributed by atoms with E-state index in [1.807, 2.05) is 0 Å². The van der Waals surface area contributed by atoms with E-state index in [9.17, 15) is 42.0 Å². The van der Waals surface area contributed by atoms with Crippen LogP contribution in [0.1, 0.15) is 18.5 Å². The van der Waals surface area contributed by atoms with Gasteiger partial charge in [0, 0.05) is 19.6 Å². The van der Waals surface area contributed by atoms with Crippen molar-refractivity contribution in [3.63, 3.8) is 0 Å². The maximum Gasteiger partial charge on any atom is 1.00 e. The minimum absolute atomic E-state index is 0. The molecule has 1 aromatic carbocycles. The molecule has 0 aliphatic carbocycles. The zero-order valence-electron chi connectivity index (χ0n) is 18.6. The van der Waals surface area contributed by atoms with Gasteiger partial charge in [-0.05, 0) is 24.6 Å². The van der Waals surface area contributed by atoms with Gasteiger partial charge in [-0.1, -0.05) is 17.7 Å². The van der Waals surface area contributed by atoms with E-state index in [0.29, 0.717) is 4.90 Å². The molecule has 2 heterocycles. The molecule has 17 heteroatoms. The van der Waals surface area contributed by atoms with E-state index >= 15 is 0 Å². The van der Waals surface area contributed by atoms with E-state index in [1.54, 1.807) is 6.92 Å². The quantitative estimate of drug-likeness (QED) is 0.138. The Morgan fingerprint density at radius 3 is 2.43 bits per heavy atom. The molecule has 184 valence electrons. The molecular weight excluding hydrogens is 521 g/mol. The molecule has 0 aromatic heterocycles. The molecule has 6 amide bonds. The number of rotatable bonds is 6. The predicted molar refractivity (Wildman–Crippen MR) is 112 cm³/mol. The monoisotopic (exact) mass is 539 g/mol. The van der Waals surface area contributed by atoms with Crippen LogP contribution in [-0.2, 0) is 29.5 Å². The SMILES string of the molecule is CCN1CCN(C(=O)NC(C(=O)NC2CN(S(=O)(=O)[O-])C2=O)c2ccc(O)c(Cl)c2)C(=O)C1=O.[Na+]. The number of imide groups is 1. The number of aromatic hydroxyl groups is 1. The molecule has 2 saturated heterocycles. The second kappa shape index (κ2) is 11.1. The van der Waals surface area contributed by atoms with Gasteiger partial charge in [0.2, 0.25) is 5.91 Å². The van der Waals surface area contributed by atoms with Crippen LogP contribution in [0, 0.1) is 0 Å². The van der Waals surface area contributed by atoms with Crippen molar-refractivity contribution in [2.75, 3.05) is 26.2 Å². The Bertz CT molecular complexity index is 1180. The van der Waals surface area contributed by atoms with Crippen LogP contribution >= 0.6 is 11.6 Å². The summed E-state index contributed by atoms with van der Waals surface area (Å²) in [6.07, 6.45) is 0. The minimum atomic E-state index is -5.03. The number of piperazine rings is 1. The van der Waals surface area contributed by atoms with Crippen LogP contribution in [0.2, 0.25) is 5.02 Å². The number of hydrogen-bond donors (Lipinski definition) is 3. The normalized spacial score (nSPS) is 19.0. The smallest absolute Gasteiger partial charge is 0.731 e. The summed E-state index contributed by atoms with van der Waals surface area (Å²) in [7, 11) is -5.03. The Balaban J connectivity index is 0.00000432. The average molecular weight is 540 g/mol. The molecule has 14 nitrogen and oxygen atoms in total. The Kier molecular flexibility index (Phi) is 9.13. The van der Waals surface area contributed by atoms with Crippen molar-refractivity contribution in [3.05, 3.63) is 28.8 Å². The number of carbonyl (C=O) groups is 5. The number of hydrogen-bond acceptors (Lipinski definition) is 9. The summed E-state index contributed by atoms with van der Waals surface area (Å²) < 4.78 is 33.0. The largest absolute Gasteiger partial charge is 1.00 e. The summed E-state index contributed by atoms with van der Waals surface area (Å²) in [6.45, 7) is 1.29. The molecule has 2 aliphatic rings. The van der Waals surface area contributed by atoms with Gasteiger partial charge in [0.25, 0.3) is 5.91 Å². The van der Waals surface area contributed by atoms with Crippen molar-refractivity contribution in [1.82, 2.24) is 24.7 Å². The molecule has 3 rings (SSSR count). The number of nitrogens with one attached hydrogen (secondary N) is 2. The van der Waals surface area contributed by atoms with E-state index in [0.717, 1.165) is 12.1 Å². The van der Waals surface area contributed by atoms with Crippen LogP contribution in [0.25, 0.3) is 0 Å². The Morgan fingerprint density at radius 1 is 1.23 bits per heavy atom. The third kappa shape index (κ3) is 6.05. The van der Waals surface area contributed by atoms with Crippen molar-refractivity contribution >= 4 is 51.6 Å². The number of carbonyl (C=O) groups excluding carboxylic acids is 5. The Hall–Kier alpha value is -2.43. The second-order valence-corrected chi connectivity index (χ2v) is 9.03. The van der Waals surface area contributed by atoms with Crippen LogP contribution < -0.4 is 40.2 Å². The average Bonchev–Trinajstić information content (AvgIpc) is 2.76. The summed E-state index contributed by atoms with van der Waals surface area (Å²) in [5, 5.41) is 14.0. The first-order chi connectivity index (χ1) is 15.8. The predicted octanol–water partition coefficient (Wildman–Crippen LogP) is -4.72. The molecule has 3 N–H and O–H groups in total. The zero-order valence-corrected chi connectivity index (χ0v) is 22.1. The fourth-order valence-electron chi connectivity index (χ4n) is 3.33. The molecule has 2 atom stereocenters. The molecule has 2 unspecified atom stereocenters. The van der Waals surface area contributed by atoms with Gasteiger partial charge in [0.05, 0.1) is 11.6 Å². The molecule has 35 heavy (non-hydrogen) atoms. The third-order valence-electron chi connectivity index (χ3n) is 5.25. The van der Waals surface area contributed by atoms with E-state index in [-0.39, 0.29) is 69.8 Å². The number of halogens is 1. The summed E-state index contributed by atoms with van der Waals surface area (Å²) in [5.41, 5.74) is 0.0414. The van der Waals surface area contributed by atoms with Crippen molar-refractivity contribution in [2.45, 2.75) is 19.0 Å². The molecule has 2 aliphatic heterocycles. The molecule has 2 fully saturated rings. The number of phenols is 1. The van der Waals surface area contributed by atoms with Gasteiger partial charge < -0.3 is 25.2 Å². The van der Waals surface area contributed by atoms with Gasteiger partial charge >= 0.3 is 47.4 Å². The van der Waals surface area contributed by atoms with Crippen LogP contribution in [0.4, 0.5) is 4.79 Å². The molecule has 0 radical (unpaired) electrons. The fraction of sp³-hybridized carbons (Fsp3) is 0.389. The summed E-state index contributed by atoms with van der Waals surface area (Å²) in [5.74, 6) is -4.47. The number of benzene rings is 1. The summed E-state index contributed by atoms with van der Waals surface area (Å²) >= 11 is 5.89. The number of urea groups is 1. The Labute approximate surface area is 226 Å². The first-order valence-electron chi connectivity index (χ1n) is 9.82. The van der Waals surface area contributed by atoms with E-state index < -0.39 is 58.6 Å². The van der Waals surface area contributed by atoms with E-state index in [4.69, 9.17) is 11.6 Å². The van der Waals surface area contributed by atoms with Crippen molar-refractivity contribution < 1.29 is 71.6 Å². The maximum atomic E-state index is 12.9. The molecule has 1 aromatic rings. The number of likely N-dealkylation sites (N-methyl/N-ethyl adjacent to an activating group) is 1. The van der Waals surface area contributed by atoms with Gasteiger partial charge in [-0.2, -0.15) is 0 Å². The zero-order chi connectivity index (χ0) is 25.4. The van der Waals surface area contributed by atoms with Gasteiger partial charge in [0.1, 0.15) is 17.8 Å². The topological polar surface area (TPSA) is 197 Å². The fourth-order valence-corrected chi connectivity index (χ4v) is 4.20. The summed E-state index contributed by atoms with van der Waals surface area (Å²) in [4.78, 5) is 63.8. The third-order valence-corrected chi connectivity index (χ3v) is 6.42. The van der Waals surface area contributed by atoms with Crippen LogP contribution in [-0.4, -0.2) is 94.1 Å². The molecule has 0 saturated carbocycles. The standard InChI is InChI=1S/C18H20ClN5O9S.Na/c1-2-22-5-6-23(17(29)16(22)28)18(30)21-13(9-3-4-12(25)10(19)7-9)14(26)20-11-8-24(15(11)27)34(31,32)33;/h3-4,7,11,13,25H,2,5-6,8H2,1H3,(H,20,26)(H,21,30)(H,31,32,33);/q;+1/p-1. The molecule has 0 bridgehead atoms. The van der Waals surface area contributed by atoms with Crippen LogP contribution in [0.3, 0.4) is 0 Å². The van der Waals surface area contributed by atoms with E-state index in [1.165, 1.54) is 11.0 Å². The van der Waals surface area contributed by atoms with Gasteiger partial charge in [-0.3, -0.25) is 24.1 Å².